The van der Waals surface area contributed by atoms with Crippen molar-refractivity contribution in [2.45, 2.75) is 64.7 Å². The quantitative estimate of drug-likeness (QED) is 0.438. The summed E-state index contributed by atoms with van der Waals surface area (Å²) in [6.07, 6.45) is 4.52. The van der Waals surface area contributed by atoms with Gasteiger partial charge in [-0.15, -0.1) is 0 Å². The van der Waals surface area contributed by atoms with Gasteiger partial charge < -0.3 is 15.2 Å². The van der Waals surface area contributed by atoms with Gasteiger partial charge >= 0.3 is 0 Å². The monoisotopic (exact) mass is 512 g/mol. The average Bonchev–Trinajstić information content (AvgIpc) is 3.40. The molecule has 0 saturated carbocycles. The lowest BCUT2D eigenvalue weighted by Crippen LogP contribution is -2.44. The Bertz CT molecular complexity index is 1210. The van der Waals surface area contributed by atoms with Crippen LogP contribution in [0.2, 0.25) is 0 Å². The number of anilines is 1. The van der Waals surface area contributed by atoms with Gasteiger partial charge in [-0.05, 0) is 76.8 Å². The summed E-state index contributed by atoms with van der Waals surface area (Å²) < 4.78 is 40.3. The largest absolute Gasteiger partial charge is 0.371 e. The van der Waals surface area contributed by atoms with Gasteiger partial charge in [0, 0.05) is 72.5 Å². The zero-order chi connectivity index (χ0) is 26.2. The maximum Gasteiger partial charge on any atom is 0.128 e. The highest BCUT2D eigenvalue weighted by molar-refractivity contribution is 5.84. The molecule has 3 aliphatic heterocycles. The summed E-state index contributed by atoms with van der Waals surface area (Å²) in [6, 6.07) is 12.6. The van der Waals surface area contributed by atoms with Gasteiger partial charge in [-0.25, -0.2) is 13.2 Å². The Morgan fingerprint density at radius 3 is 2.54 bits per heavy atom. The molecule has 2 aromatic carbocycles. The molecule has 3 aliphatic rings. The fourth-order valence-corrected chi connectivity index (χ4v) is 6.36. The molecule has 0 aliphatic carbocycles. The summed E-state index contributed by atoms with van der Waals surface area (Å²) in [6.45, 7) is 10.7. The molecule has 1 aromatic heterocycles. The van der Waals surface area contributed by atoms with E-state index in [9.17, 15) is 13.2 Å². The van der Waals surface area contributed by atoms with Crippen LogP contribution in [0.4, 0.5) is 18.9 Å². The van der Waals surface area contributed by atoms with E-state index < -0.39 is 17.3 Å². The van der Waals surface area contributed by atoms with E-state index >= 15 is 0 Å². The number of nitrogens with one attached hydrogen (secondary N) is 2. The van der Waals surface area contributed by atoms with E-state index in [1.807, 2.05) is 0 Å². The van der Waals surface area contributed by atoms with Crippen molar-refractivity contribution in [3.63, 3.8) is 0 Å². The van der Waals surface area contributed by atoms with E-state index in [1.165, 1.54) is 47.1 Å². The highest BCUT2D eigenvalue weighted by atomic mass is 19.1. The van der Waals surface area contributed by atoms with Crippen LogP contribution in [0.15, 0.2) is 42.5 Å². The van der Waals surface area contributed by atoms with Crippen LogP contribution in [0.3, 0.4) is 0 Å². The fourth-order valence-electron chi connectivity index (χ4n) is 6.36. The van der Waals surface area contributed by atoms with Crippen LogP contribution in [0.1, 0.15) is 51.3 Å². The summed E-state index contributed by atoms with van der Waals surface area (Å²) in [5, 5.41) is 4.76. The molecule has 2 saturated heterocycles. The molecule has 6 rings (SSSR count). The molecule has 3 aromatic rings. The number of H-pyrrole nitrogens is 1. The number of alkyl halides is 1. The zero-order valence-electron chi connectivity index (χ0n) is 22.2. The van der Waals surface area contributed by atoms with Crippen molar-refractivity contribution >= 4 is 16.6 Å². The third-order valence-corrected chi connectivity index (χ3v) is 8.18. The number of piperidine rings is 1. The van der Waals surface area contributed by atoms with E-state index in [4.69, 9.17) is 0 Å². The molecule has 4 nitrogen and oxygen atoms in total. The van der Waals surface area contributed by atoms with Crippen molar-refractivity contribution < 1.29 is 13.2 Å². The average molecular weight is 513 g/mol. The van der Waals surface area contributed by atoms with Crippen LogP contribution in [-0.4, -0.2) is 54.3 Å². The van der Waals surface area contributed by atoms with Crippen molar-refractivity contribution in [3.05, 3.63) is 65.4 Å². The smallest absolute Gasteiger partial charge is 0.128 e. The summed E-state index contributed by atoms with van der Waals surface area (Å²) in [4.78, 5) is 7.83. The molecule has 0 radical (unpaired) electrons. The number of aromatic nitrogens is 1. The molecule has 1 spiro atoms. The van der Waals surface area contributed by atoms with Crippen molar-refractivity contribution in [2.24, 2.45) is 5.41 Å². The van der Waals surface area contributed by atoms with Gasteiger partial charge in [0.2, 0.25) is 0 Å². The maximum absolute atomic E-state index is 13.9. The summed E-state index contributed by atoms with van der Waals surface area (Å²) in [7, 11) is 0. The highest BCUT2D eigenvalue weighted by Gasteiger charge is 2.39. The summed E-state index contributed by atoms with van der Waals surface area (Å²) in [5.41, 5.74) is 3.70. The SMILES string of the molecule is CC1Cc2c([nH]c3ccccc23)CN1CC(C)(C)F.Fc1cc(F)cc(N2CCC3(CCCNC3)C2)c1. The van der Waals surface area contributed by atoms with Gasteiger partial charge in [-0.2, -0.15) is 0 Å². The lowest BCUT2D eigenvalue weighted by molar-refractivity contribution is 0.0853. The number of hydrogen-bond acceptors (Lipinski definition) is 3. The van der Waals surface area contributed by atoms with Crippen LogP contribution < -0.4 is 10.2 Å². The molecule has 2 N–H and O–H groups in total. The third kappa shape index (κ3) is 5.99. The second kappa shape index (κ2) is 10.3. The predicted molar refractivity (Wildman–Crippen MR) is 145 cm³/mol. The molecule has 0 amide bonds. The zero-order valence-corrected chi connectivity index (χ0v) is 22.2. The minimum Gasteiger partial charge on any atom is -0.371 e. The van der Waals surface area contributed by atoms with Crippen LogP contribution >= 0.6 is 0 Å². The minimum absolute atomic E-state index is 0.307. The number of aromatic amines is 1. The van der Waals surface area contributed by atoms with E-state index in [-0.39, 0.29) is 0 Å². The molecule has 4 heterocycles. The van der Waals surface area contributed by atoms with Crippen LogP contribution in [-0.2, 0) is 13.0 Å². The van der Waals surface area contributed by atoms with Crippen LogP contribution in [0, 0.1) is 17.0 Å². The Hall–Kier alpha value is -2.51. The maximum atomic E-state index is 13.9. The topological polar surface area (TPSA) is 34.3 Å². The molecule has 7 heteroatoms. The molecule has 2 atom stereocenters. The Kier molecular flexibility index (Phi) is 7.29. The van der Waals surface area contributed by atoms with Crippen molar-refractivity contribution in [1.29, 1.82) is 0 Å². The van der Waals surface area contributed by atoms with Gasteiger partial charge in [0.25, 0.3) is 0 Å². The van der Waals surface area contributed by atoms with Gasteiger partial charge in [0.05, 0.1) is 0 Å². The number of nitrogens with zero attached hydrogens (tertiary/aromatic N) is 2. The number of hydrogen-bond donors (Lipinski definition) is 2. The molecule has 37 heavy (non-hydrogen) atoms. The Morgan fingerprint density at radius 2 is 1.84 bits per heavy atom. The molecular weight excluding hydrogens is 473 g/mol. The van der Waals surface area contributed by atoms with Crippen molar-refractivity contribution in [2.75, 3.05) is 37.6 Å². The third-order valence-electron chi connectivity index (χ3n) is 8.18. The molecule has 2 fully saturated rings. The number of fused-ring (bicyclic) bond motifs is 3. The van der Waals surface area contributed by atoms with E-state index in [2.05, 4.69) is 51.3 Å². The Morgan fingerprint density at radius 1 is 1.08 bits per heavy atom. The first-order valence-electron chi connectivity index (χ1n) is 13.5. The van der Waals surface area contributed by atoms with Crippen molar-refractivity contribution in [3.8, 4) is 0 Å². The van der Waals surface area contributed by atoms with Gasteiger partial charge in [0.15, 0.2) is 0 Å². The standard InChI is InChI=1S/C16H21FN2.C14H18F2N2/c1-11-8-13-12-6-4-5-7-14(12)18-15(13)9-19(11)10-16(2,3)17;15-11-6-12(16)8-13(7-11)18-5-3-14(10-18)2-1-4-17-9-14/h4-7,11,18H,8-10H2,1-3H3;6-8,17H,1-5,9-10H2. The lowest BCUT2D eigenvalue weighted by atomic mass is 9.80. The Balaban J connectivity index is 0.000000152. The summed E-state index contributed by atoms with van der Waals surface area (Å²) in [5.74, 6) is -0.986. The first kappa shape index (κ1) is 26.1. The fraction of sp³-hybridized carbons (Fsp3) is 0.533. The normalized spacial score (nSPS) is 24.3. The van der Waals surface area contributed by atoms with Gasteiger partial charge in [-0.1, -0.05) is 18.2 Å². The van der Waals surface area contributed by atoms with E-state index in [0.717, 1.165) is 51.6 Å². The molecular formula is C30H39F3N4. The predicted octanol–water partition coefficient (Wildman–Crippen LogP) is 6.21. The lowest BCUT2D eigenvalue weighted by Gasteiger charge is -2.36. The summed E-state index contributed by atoms with van der Waals surface area (Å²) >= 11 is 0. The van der Waals surface area contributed by atoms with E-state index in [1.54, 1.807) is 13.8 Å². The van der Waals surface area contributed by atoms with Crippen LogP contribution in [0.5, 0.6) is 0 Å². The highest BCUT2D eigenvalue weighted by Crippen LogP contribution is 2.38. The molecule has 2 unspecified atom stereocenters. The number of halogens is 3. The number of para-hydroxylation sites is 1. The van der Waals surface area contributed by atoms with E-state index in [0.29, 0.717) is 23.7 Å². The number of benzene rings is 2. The van der Waals surface area contributed by atoms with Crippen molar-refractivity contribution in [1.82, 2.24) is 15.2 Å². The first-order chi connectivity index (χ1) is 17.6. The molecule has 200 valence electrons. The number of rotatable bonds is 3. The van der Waals surface area contributed by atoms with Gasteiger partial charge in [-0.3, -0.25) is 4.90 Å². The minimum atomic E-state index is -1.14. The second-order valence-corrected chi connectivity index (χ2v) is 11.9. The second-order valence-electron chi connectivity index (χ2n) is 11.9. The van der Waals surface area contributed by atoms with Crippen LogP contribution in [0.25, 0.3) is 10.9 Å². The Labute approximate surface area is 218 Å². The first-order valence-corrected chi connectivity index (χ1v) is 13.5. The molecule has 0 bridgehead atoms. The van der Waals surface area contributed by atoms with Gasteiger partial charge in [0.1, 0.15) is 17.3 Å².